The summed E-state index contributed by atoms with van der Waals surface area (Å²) in [5.74, 6) is -23.2. The summed E-state index contributed by atoms with van der Waals surface area (Å²) in [5, 5.41) is 66.5. The third-order valence-corrected chi connectivity index (χ3v) is 26.8. The van der Waals surface area contributed by atoms with Crippen molar-refractivity contribution in [2.24, 2.45) is 35.3 Å². The van der Waals surface area contributed by atoms with Crippen molar-refractivity contribution in [3.63, 3.8) is 0 Å². The molecule has 792 valence electrons. The highest BCUT2D eigenvalue weighted by atomic mass is 32.2. The number of anilines is 1. The van der Waals surface area contributed by atoms with Gasteiger partial charge in [0.15, 0.2) is 40.4 Å². The number of hydrogen-bond acceptors (Lipinski definition) is 26. The van der Waals surface area contributed by atoms with E-state index >= 15 is 0 Å². The lowest BCUT2D eigenvalue weighted by atomic mass is 9.81. The van der Waals surface area contributed by atoms with Crippen molar-refractivity contribution in [1.29, 1.82) is 1.12 Å². The van der Waals surface area contributed by atoms with Gasteiger partial charge in [0.1, 0.15) is 20.3 Å². The number of rotatable bonds is 70. The van der Waals surface area contributed by atoms with Crippen LogP contribution in [0.3, 0.4) is 0 Å². The van der Waals surface area contributed by atoms with Crippen molar-refractivity contribution in [3.05, 3.63) is 101 Å². The molecule has 0 radical (unpaired) electrons. The van der Waals surface area contributed by atoms with E-state index in [-0.39, 0.29) is 117 Å². The van der Waals surface area contributed by atoms with Crippen molar-refractivity contribution < 1.29 is 139 Å². The van der Waals surface area contributed by atoms with Crippen LogP contribution < -0.4 is 47.9 Å². The van der Waals surface area contributed by atoms with Crippen LogP contribution in [0.25, 0.3) is 0 Å². The number of amides is 8. The number of nitrogens with zero attached hydrogens (tertiary/aromatic N) is 3. The van der Waals surface area contributed by atoms with Crippen LogP contribution >= 0.6 is 24.3 Å². The van der Waals surface area contributed by atoms with Gasteiger partial charge in [0, 0.05) is 167 Å². The molecular weight excluding hydrogens is 1910 g/mol. The number of Topliss-reactive ketones (excluding diaryl/α,β-unsaturated/α-hetero) is 6. The Labute approximate surface area is 847 Å². The molecular formula is C101H148N11O28S3+. The topological polar surface area (TPSA) is 609 Å². The highest BCUT2D eigenvalue weighted by molar-refractivity contribution is 7.98. The molecule has 39 nitrogen and oxygen atoms in total. The predicted octanol–water partition coefficient (Wildman–Crippen LogP) is 8.27. The number of carboxylic acids is 5. The molecule has 2 aromatic rings. The van der Waals surface area contributed by atoms with E-state index in [2.05, 4.69) is 98.7 Å². The van der Waals surface area contributed by atoms with Gasteiger partial charge in [-0.15, -0.1) is 0 Å². The van der Waals surface area contributed by atoms with Gasteiger partial charge in [-0.3, -0.25) is 101 Å². The van der Waals surface area contributed by atoms with Crippen molar-refractivity contribution in [3.8, 4) is 0 Å². The number of nitrogens with two attached hydrogens (primary N) is 1. The molecule has 15 N–H and O–H groups in total. The van der Waals surface area contributed by atoms with Gasteiger partial charge in [0.05, 0.1) is 47.1 Å². The monoisotopic (exact) mass is 2060 g/mol. The number of thiol groups is 1. The number of fused-ring (bicyclic) bond motifs is 2. The number of aliphatic carboxylic acids is 5. The molecule has 8 amide bonds. The second kappa shape index (κ2) is 62.3. The van der Waals surface area contributed by atoms with E-state index in [1.54, 1.807) is 18.6 Å². The Balaban J connectivity index is 0.0000142. The van der Waals surface area contributed by atoms with Crippen molar-refractivity contribution in [2.45, 2.75) is 294 Å². The second-order valence-corrected chi connectivity index (χ2v) is 40.2. The largest absolute Gasteiger partial charge is 0.481 e. The third-order valence-electron chi connectivity index (χ3n) is 25.3. The van der Waals surface area contributed by atoms with Crippen LogP contribution in [-0.4, -0.2) is 274 Å². The lowest BCUT2D eigenvalue weighted by molar-refractivity contribution is -0.433. The summed E-state index contributed by atoms with van der Waals surface area (Å²) in [6.45, 7) is 18.7. The van der Waals surface area contributed by atoms with Gasteiger partial charge >= 0.3 is 29.8 Å². The summed E-state index contributed by atoms with van der Waals surface area (Å²) in [5.41, 5.74) is 12.0. The molecule has 0 spiro atoms. The average molecular weight is 2060 g/mol. The van der Waals surface area contributed by atoms with Crippen LogP contribution in [0.1, 0.15) is 252 Å². The zero-order chi connectivity index (χ0) is 108. The fraction of sp³-hybridized carbons (Fsp3) is 0.604. The molecule has 3 aliphatic heterocycles. The molecule has 5 rings (SSSR count). The number of ketones is 6. The average Bonchev–Trinajstić information content (AvgIpc) is 1.59. The molecule has 42 heteroatoms. The van der Waals surface area contributed by atoms with E-state index in [9.17, 15) is 130 Å². The second-order valence-electron chi connectivity index (χ2n) is 37.8. The molecule has 0 bridgehead atoms. The smallest absolute Gasteiger partial charge is 0.303 e. The molecule has 0 unspecified atom stereocenters. The minimum atomic E-state index is -4.52. The molecule has 1 fully saturated rings. The predicted molar refractivity (Wildman–Crippen MR) is 539 cm³/mol. The number of likely N-dealkylation sites (tertiary alicyclic amines) is 1. The zero-order valence-electron chi connectivity index (χ0n) is 85.1. The Hall–Kier alpha value is -11.5. The number of aryl methyl sites for hydroxylation is 1. The molecule has 3 aliphatic rings. The first-order valence-electron chi connectivity index (χ1n) is 48.9. The Morgan fingerprint density at radius 1 is 0.580 bits per heavy atom. The van der Waals surface area contributed by atoms with Gasteiger partial charge < -0.3 is 78.1 Å². The summed E-state index contributed by atoms with van der Waals surface area (Å²) in [6.07, 6.45) is 10.9. The quantitative estimate of drug-likeness (QED) is 0.00973. The number of primary amides is 1. The fourth-order valence-electron chi connectivity index (χ4n) is 17.3. The summed E-state index contributed by atoms with van der Waals surface area (Å²) in [4.78, 5) is 253. The lowest BCUT2D eigenvalue weighted by Crippen LogP contribution is -2.49. The number of hydrogen-bond donors (Lipinski definition) is 15. The third kappa shape index (κ3) is 42.8. The summed E-state index contributed by atoms with van der Waals surface area (Å²) in [7, 11) is -2.68. The number of thioether (sulfide) groups is 1. The van der Waals surface area contributed by atoms with Gasteiger partial charge in [-0.1, -0.05) is 83.0 Å². The zero-order valence-corrected chi connectivity index (χ0v) is 86.6. The number of allylic oxidation sites excluding steroid dienone is 8. The van der Waals surface area contributed by atoms with Crippen LogP contribution in [0.15, 0.2) is 89.5 Å². The first kappa shape index (κ1) is 122. The molecule has 1 saturated heterocycles. The highest BCUT2D eigenvalue weighted by Gasteiger charge is 2.45. The van der Waals surface area contributed by atoms with Gasteiger partial charge in [0.25, 0.3) is 10.1 Å². The van der Waals surface area contributed by atoms with Gasteiger partial charge in [0.2, 0.25) is 52.9 Å². The molecule has 0 aromatic heterocycles. The van der Waals surface area contributed by atoms with Gasteiger partial charge in [-0.05, 0) is 186 Å². The van der Waals surface area contributed by atoms with Crippen molar-refractivity contribution in [1.82, 2.24) is 42.1 Å². The van der Waals surface area contributed by atoms with Crippen LogP contribution in [0, 0.1) is 36.5 Å². The number of carbonyl (C=O) groups excluding carboxylic acids is 14. The summed E-state index contributed by atoms with van der Waals surface area (Å²) < 4.78 is 48.5. The van der Waals surface area contributed by atoms with Crippen LogP contribution in [0.5, 0.6) is 0 Å². The molecule has 143 heavy (non-hydrogen) atoms. The molecule has 0 saturated carbocycles. The summed E-state index contributed by atoms with van der Waals surface area (Å²) >= 11 is 2.26. The number of nitrogens with one attached hydrogen (secondary N) is 7. The Kier molecular flexibility index (Phi) is 53.1. The number of carbonyl (C=O) groups is 19. The van der Waals surface area contributed by atoms with E-state index in [4.69, 9.17) is 11.6 Å². The number of ether oxygens (including phenoxy) is 1. The van der Waals surface area contributed by atoms with E-state index in [1.165, 1.54) is 53.3 Å². The first-order chi connectivity index (χ1) is 67.8. The molecule has 2 aromatic carbocycles. The van der Waals surface area contributed by atoms with Crippen LogP contribution in [0.4, 0.5) is 11.4 Å². The van der Waals surface area contributed by atoms with Gasteiger partial charge in [-0.2, -0.15) is 37.3 Å². The standard InChI is InChI=1S/C100H143N11O28S2.CH4S/c1-12-110-77-38-31-62(4)52-70(77)99(6,7)84(110)28-17-14-13-15-18-29-85-100(8,9)71-57-69(141(136,137)138)35-39-78(71)111(85)49-22-16-19-30-86(118)102-47-21-20-26-74(93(101)130)107-97(134)66(34-44-90(124)125)56-83(117)73(37-46-92(128)129)106-96(133)65(33-43-89(122)123)55-82(116)72(36-45-91(126)127)105-95(132)64(32-42-88(120)121)54-68(113)59-139-50-24-25-67(112)58-103-94(131)63(5)53-81(115)76(60-140-11)104-87(119)41-40-80(114)75(51-61(2)3)108-98(135)79-27-23-48-109(79)10;1-2/h13-15,17-18,28-29,31,35,38-39,52,57,61,63-66,72-76,79H,12,16,19-27,30,32-34,36-37,40-51,53-56,58-60H2,1-11H3,(H14-,101,102,103,104,105,106,107,108,118,119,120,121,122,123,124,125,126,127,128,129,130,131,132,133,134,135,136,137,138);2H,1H3/p+1/t63-,64+,65+,66+,72-,73-,74-,75+,76+,79+;/m1./s1/i/hD. The molecule has 3 heterocycles. The van der Waals surface area contributed by atoms with Crippen LogP contribution in [0.2, 0.25) is 0 Å². The number of unbranched alkanes of at least 4 members (excludes halogenated alkanes) is 3. The molecule has 10 atom stereocenters. The van der Waals surface area contributed by atoms with E-state index in [1.807, 2.05) is 76.1 Å². The highest BCUT2D eigenvalue weighted by Crippen LogP contribution is 2.49. The molecule has 0 aliphatic carbocycles. The lowest BCUT2D eigenvalue weighted by Gasteiger charge is -2.27. The van der Waals surface area contributed by atoms with Gasteiger partial charge in [-0.25, -0.2) is 0 Å². The van der Waals surface area contributed by atoms with Crippen LogP contribution in [-0.2, 0) is 117 Å². The minimum Gasteiger partial charge on any atom is -0.481 e. The fourth-order valence-corrected chi connectivity index (χ4v) is 18.4. The first-order valence-corrected chi connectivity index (χ1v) is 52.2. The normalized spacial score (nSPS) is 16.5. The SMILES string of the molecule is CC[N+]1=C(/C=C/C=C/C=C/C=C2/N(CCCCCC(=O)NCCCC[C@@H](NC(=O)[C@@H](CCC(=O)O)CC(=O)[C@@H](CCC(=O)O)NC(=O)[C@@H](CCC(=O)O)CC(=O)[C@@H](CCC(=O)O)NC(=O)[C@@H](CCC(=O)O)CC(=O)COCCCC(=O)CNC(=O)[C@H](C)CC(=O)[C@H](CSC)NC(=O)CCC(=O)[C@H](CC(C)C)NC(=O)[C@@H]3CCCN3C)C(N)=O)c3ccc(S(=O)(=O)O)cc3C2(C)C)C(C)(C)c2cc(C)ccc21.[2H]SC. The Morgan fingerprint density at radius 2 is 1.13 bits per heavy atom. The van der Waals surface area contributed by atoms with E-state index < -0.39 is 260 Å². The Bertz CT molecular complexity index is 5130. The maximum absolute atomic E-state index is 14.3. The van der Waals surface area contributed by atoms with E-state index in [0.717, 1.165) is 43.4 Å². The number of likely N-dealkylation sites (N-methyl/N-ethyl adjacent to an activating group) is 1. The van der Waals surface area contributed by atoms with Crippen molar-refractivity contribution in [2.75, 3.05) is 76.1 Å². The van der Waals surface area contributed by atoms with E-state index in [0.29, 0.717) is 44.2 Å². The minimum absolute atomic E-state index is 0.0149. The Morgan fingerprint density at radius 3 is 1.67 bits per heavy atom. The van der Waals surface area contributed by atoms with Crippen molar-refractivity contribution >= 4 is 163 Å². The maximum Gasteiger partial charge on any atom is 0.303 e. The summed E-state index contributed by atoms with van der Waals surface area (Å²) in [6, 6.07) is 3.81. The maximum atomic E-state index is 14.3. The number of benzene rings is 2. The number of carboxylic acid groups (broad SMARTS) is 5.